The van der Waals surface area contributed by atoms with Crippen molar-refractivity contribution in [2.75, 3.05) is 13.1 Å². The van der Waals surface area contributed by atoms with E-state index in [0.29, 0.717) is 32.5 Å². The quantitative estimate of drug-likeness (QED) is 0.808. The Bertz CT molecular complexity index is 691. The first-order chi connectivity index (χ1) is 11.9. The first-order valence-electron chi connectivity index (χ1n) is 8.15. The lowest BCUT2D eigenvalue weighted by Gasteiger charge is -2.32. The second kappa shape index (κ2) is 7.55. The minimum atomic E-state index is -4.28. The van der Waals surface area contributed by atoms with Gasteiger partial charge in [-0.2, -0.15) is 13.2 Å². The Labute approximate surface area is 147 Å². The maximum absolute atomic E-state index is 12.2. The number of imidazole rings is 1. The molecule has 0 spiro atoms. The zero-order valence-electron chi connectivity index (χ0n) is 13.6. The Balaban J connectivity index is 1.54. The number of piperidine rings is 1. The van der Waals surface area contributed by atoms with E-state index < -0.39 is 24.9 Å². The van der Waals surface area contributed by atoms with Crippen molar-refractivity contribution < 1.29 is 18.0 Å². The Kier molecular flexibility index (Phi) is 5.41. The van der Waals surface area contributed by atoms with Gasteiger partial charge in [0.15, 0.2) is 0 Å². The highest BCUT2D eigenvalue weighted by molar-refractivity contribution is 7.07. The van der Waals surface area contributed by atoms with Gasteiger partial charge in [-0.1, -0.05) is 0 Å². The molecule has 0 saturated carbocycles. The molecule has 2 aromatic heterocycles. The molecule has 0 radical (unpaired) electrons. The SMILES string of the molecule is O=C(CCC(F)(F)F)N1CCC(c2nccn2Cc2cscn2)CC1. The number of aromatic nitrogens is 3. The minimum absolute atomic E-state index is 0.209. The molecule has 0 N–H and O–H groups in total. The molecule has 3 rings (SSSR count). The molecule has 0 aliphatic carbocycles. The maximum atomic E-state index is 12.2. The number of carbonyl (C=O) groups is 1. The number of halogens is 3. The molecule has 1 fully saturated rings. The van der Waals surface area contributed by atoms with Gasteiger partial charge >= 0.3 is 6.18 Å². The molecule has 25 heavy (non-hydrogen) atoms. The van der Waals surface area contributed by atoms with E-state index in [9.17, 15) is 18.0 Å². The number of nitrogens with zero attached hydrogens (tertiary/aromatic N) is 4. The van der Waals surface area contributed by atoms with Gasteiger partial charge in [0.2, 0.25) is 5.91 Å². The molecule has 136 valence electrons. The van der Waals surface area contributed by atoms with Crippen LogP contribution in [0.5, 0.6) is 0 Å². The standard InChI is InChI=1S/C16H19F3N4OS/c17-16(18,19)4-1-14(24)22-6-2-12(3-7-22)15-20-5-8-23(15)9-13-10-25-11-21-13/h5,8,10-12H,1-4,6-7,9H2. The topological polar surface area (TPSA) is 51.0 Å². The number of alkyl halides is 3. The summed E-state index contributed by atoms with van der Waals surface area (Å²) in [6, 6.07) is 0. The fraction of sp³-hybridized carbons (Fsp3) is 0.562. The van der Waals surface area contributed by atoms with Crippen LogP contribution < -0.4 is 0 Å². The summed E-state index contributed by atoms with van der Waals surface area (Å²) in [6.07, 6.45) is -0.708. The van der Waals surface area contributed by atoms with E-state index in [1.807, 2.05) is 11.6 Å². The van der Waals surface area contributed by atoms with Crippen molar-refractivity contribution in [2.24, 2.45) is 0 Å². The van der Waals surface area contributed by atoms with E-state index >= 15 is 0 Å². The van der Waals surface area contributed by atoms with Crippen LogP contribution >= 0.6 is 11.3 Å². The molecule has 5 nitrogen and oxygen atoms in total. The molecule has 0 aromatic carbocycles. The predicted octanol–water partition coefficient (Wildman–Crippen LogP) is 3.44. The molecular weight excluding hydrogens is 353 g/mol. The zero-order valence-corrected chi connectivity index (χ0v) is 14.4. The number of hydrogen-bond acceptors (Lipinski definition) is 4. The molecule has 1 saturated heterocycles. The molecule has 3 heterocycles. The number of hydrogen-bond donors (Lipinski definition) is 0. The predicted molar refractivity (Wildman–Crippen MR) is 87.3 cm³/mol. The first kappa shape index (κ1) is 17.9. The van der Waals surface area contributed by atoms with Crippen LogP contribution in [0.25, 0.3) is 0 Å². The largest absolute Gasteiger partial charge is 0.389 e. The summed E-state index contributed by atoms with van der Waals surface area (Å²) in [7, 11) is 0. The van der Waals surface area contributed by atoms with E-state index in [-0.39, 0.29) is 5.92 Å². The number of likely N-dealkylation sites (tertiary alicyclic amines) is 1. The average Bonchev–Trinajstić information content (AvgIpc) is 3.24. The third-order valence-corrected chi connectivity index (χ3v) is 5.03. The van der Waals surface area contributed by atoms with Crippen LogP contribution in [0.15, 0.2) is 23.3 Å². The summed E-state index contributed by atoms with van der Waals surface area (Å²) < 4.78 is 38.8. The summed E-state index contributed by atoms with van der Waals surface area (Å²) in [6.45, 7) is 1.61. The molecule has 1 amide bonds. The van der Waals surface area contributed by atoms with Crippen molar-refractivity contribution >= 4 is 17.2 Å². The van der Waals surface area contributed by atoms with Gasteiger partial charge in [-0.05, 0) is 12.8 Å². The van der Waals surface area contributed by atoms with E-state index in [1.54, 1.807) is 23.0 Å². The van der Waals surface area contributed by atoms with Crippen molar-refractivity contribution in [3.05, 3.63) is 34.8 Å². The number of amides is 1. The lowest BCUT2D eigenvalue weighted by atomic mass is 9.95. The smallest absolute Gasteiger partial charge is 0.343 e. The van der Waals surface area contributed by atoms with E-state index in [0.717, 1.165) is 11.5 Å². The van der Waals surface area contributed by atoms with E-state index in [2.05, 4.69) is 14.5 Å². The van der Waals surface area contributed by atoms with Crippen LogP contribution in [0, 0.1) is 0 Å². The molecule has 9 heteroatoms. The summed E-state index contributed by atoms with van der Waals surface area (Å²) >= 11 is 1.54. The summed E-state index contributed by atoms with van der Waals surface area (Å²) in [4.78, 5) is 22.2. The average molecular weight is 372 g/mol. The molecular formula is C16H19F3N4OS. The van der Waals surface area contributed by atoms with Gasteiger partial charge in [0.05, 0.1) is 24.2 Å². The lowest BCUT2D eigenvalue weighted by Crippen LogP contribution is -2.38. The molecule has 1 aliphatic heterocycles. The second-order valence-corrected chi connectivity index (χ2v) is 6.88. The highest BCUT2D eigenvalue weighted by Gasteiger charge is 2.31. The van der Waals surface area contributed by atoms with Gasteiger partial charge in [-0.15, -0.1) is 11.3 Å². The fourth-order valence-electron chi connectivity index (χ4n) is 3.10. The first-order valence-corrected chi connectivity index (χ1v) is 9.09. The van der Waals surface area contributed by atoms with E-state index in [1.165, 1.54) is 4.90 Å². The van der Waals surface area contributed by atoms with Crippen LogP contribution in [0.2, 0.25) is 0 Å². The minimum Gasteiger partial charge on any atom is -0.343 e. The van der Waals surface area contributed by atoms with Gasteiger partial charge in [0.25, 0.3) is 0 Å². The Morgan fingerprint density at radius 1 is 1.28 bits per heavy atom. The van der Waals surface area contributed by atoms with Gasteiger partial charge in [-0.3, -0.25) is 4.79 Å². The number of thiazole rings is 1. The van der Waals surface area contributed by atoms with Gasteiger partial charge in [-0.25, -0.2) is 9.97 Å². The van der Waals surface area contributed by atoms with Crippen LogP contribution in [-0.4, -0.2) is 44.6 Å². The second-order valence-electron chi connectivity index (χ2n) is 6.16. The van der Waals surface area contributed by atoms with Crippen molar-refractivity contribution in [3.8, 4) is 0 Å². The normalized spacial score (nSPS) is 16.4. The molecule has 0 bridgehead atoms. The Hall–Kier alpha value is -1.90. The van der Waals surface area contributed by atoms with Crippen molar-refractivity contribution in [3.63, 3.8) is 0 Å². The third kappa shape index (κ3) is 4.81. The Morgan fingerprint density at radius 3 is 2.68 bits per heavy atom. The van der Waals surface area contributed by atoms with Gasteiger partial charge in [0, 0.05) is 43.2 Å². The Morgan fingerprint density at radius 2 is 2.04 bits per heavy atom. The highest BCUT2D eigenvalue weighted by Crippen LogP contribution is 2.28. The van der Waals surface area contributed by atoms with Crippen LogP contribution in [0.1, 0.15) is 43.1 Å². The van der Waals surface area contributed by atoms with Gasteiger partial charge < -0.3 is 9.47 Å². The fourth-order valence-corrected chi connectivity index (χ4v) is 3.65. The highest BCUT2D eigenvalue weighted by atomic mass is 32.1. The van der Waals surface area contributed by atoms with Crippen molar-refractivity contribution in [1.29, 1.82) is 0 Å². The van der Waals surface area contributed by atoms with Gasteiger partial charge in [0.1, 0.15) is 5.82 Å². The van der Waals surface area contributed by atoms with E-state index in [4.69, 9.17) is 0 Å². The van der Waals surface area contributed by atoms with Crippen LogP contribution in [-0.2, 0) is 11.3 Å². The number of rotatable bonds is 5. The van der Waals surface area contributed by atoms with Crippen LogP contribution in [0.3, 0.4) is 0 Å². The number of carbonyl (C=O) groups excluding carboxylic acids is 1. The van der Waals surface area contributed by atoms with Crippen molar-refractivity contribution in [1.82, 2.24) is 19.4 Å². The summed E-state index contributed by atoms with van der Waals surface area (Å²) in [5.41, 5.74) is 2.76. The lowest BCUT2D eigenvalue weighted by molar-refractivity contribution is -0.149. The molecule has 1 aliphatic rings. The molecule has 2 aromatic rings. The monoisotopic (exact) mass is 372 g/mol. The van der Waals surface area contributed by atoms with Crippen molar-refractivity contribution in [2.45, 2.75) is 44.3 Å². The summed E-state index contributed by atoms with van der Waals surface area (Å²) in [5, 5.41) is 1.99. The third-order valence-electron chi connectivity index (χ3n) is 4.40. The maximum Gasteiger partial charge on any atom is 0.389 e. The molecule has 0 unspecified atom stereocenters. The zero-order chi connectivity index (χ0) is 17.9. The van der Waals surface area contributed by atoms with Crippen LogP contribution in [0.4, 0.5) is 13.2 Å². The molecule has 0 atom stereocenters. The summed E-state index contributed by atoms with van der Waals surface area (Å²) in [5.74, 6) is 0.747.